The highest BCUT2D eigenvalue weighted by molar-refractivity contribution is 5.93. The number of carbonyl (C=O) groups is 2. The summed E-state index contributed by atoms with van der Waals surface area (Å²) in [5, 5.41) is 5.62. The van der Waals surface area contributed by atoms with Crippen LogP contribution in [0.1, 0.15) is 54.1 Å². The molecule has 1 heterocycles. The lowest BCUT2D eigenvalue weighted by molar-refractivity contribution is 0.0500. The number of methoxy groups -OCH3 is 1. The summed E-state index contributed by atoms with van der Waals surface area (Å²) < 4.78 is 16.1. The molecule has 2 amide bonds. The van der Waals surface area contributed by atoms with E-state index in [1.165, 1.54) is 0 Å². The quantitative estimate of drug-likeness (QED) is 0.783. The minimum Gasteiger partial charge on any atom is -0.496 e. The second-order valence-corrected chi connectivity index (χ2v) is 7.52. The molecule has 0 saturated heterocycles. The summed E-state index contributed by atoms with van der Waals surface area (Å²) in [6, 6.07) is 6.74. The van der Waals surface area contributed by atoms with Crippen molar-refractivity contribution in [3.8, 4) is 5.75 Å². The lowest BCUT2D eigenvalue weighted by Crippen LogP contribution is -2.40. The molecule has 0 aliphatic rings. The zero-order valence-corrected chi connectivity index (χ0v) is 17.2. The number of aryl methyl sites for hydroxylation is 1. The van der Waals surface area contributed by atoms with E-state index >= 15 is 0 Å². The third-order valence-electron chi connectivity index (χ3n) is 4.16. The normalized spacial score (nSPS) is 12.2. The molecule has 2 rings (SSSR count). The molecule has 0 aliphatic carbocycles. The number of carbonyl (C=O) groups excluding carboxylic acids is 2. The topological polar surface area (TPSA) is 89.8 Å². The van der Waals surface area contributed by atoms with Crippen LogP contribution in [0.25, 0.3) is 0 Å². The molecule has 2 N–H and O–H groups in total. The Balaban J connectivity index is 2.19. The number of ether oxygens (including phenoxy) is 2. The van der Waals surface area contributed by atoms with E-state index in [4.69, 9.17) is 13.9 Å². The van der Waals surface area contributed by atoms with Gasteiger partial charge in [0, 0.05) is 17.7 Å². The maximum atomic E-state index is 12.5. The van der Waals surface area contributed by atoms with Crippen LogP contribution in [0.5, 0.6) is 5.75 Å². The van der Waals surface area contributed by atoms with Gasteiger partial charge in [0.2, 0.25) is 0 Å². The Labute approximate surface area is 165 Å². The second kappa shape index (κ2) is 8.82. The van der Waals surface area contributed by atoms with Crippen LogP contribution in [0, 0.1) is 13.8 Å². The first-order valence-corrected chi connectivity index (χ1v) is 9.07. The van der Waals surface area contributed by atoms with E-state index in [0.717, 1.165) is 16.7 Å². The van der Waals surface area contributed by atoms with Crippen LogP contribution < -0.4 is 15.4 Å². The molecule has 7 nitrogen and oxygen atoms in total. The average molecular weight is 388 g/mol. The van der Waals surface area contributed by atoms with Crippen molar-refractivity contribution < 1.29 is 23.5 Å². The van der Waals surface area contributed by atoms with Crippen molar-refractivity contribution in [2.24, 2.45) is 0 Å². The van der Waals surface area contributed by atoms with E-state index in [1.807, 2.05) is 32.0 Å². The van der Waals surface area contributed by atoms with Gasteiger partial charge in [-0.1, -0.05) is 18.2 Å². The van der Waals surface area contributed by atoms with E-state index in [9.17, 15) is 9.59 Å². The molecule has 1 atom stereocenters. The summed E-state index contributed by atoms with van der Waals surface area (Å²) >= 11 is 0. The molecule has 0 saturated carbocycles. The fourth-order valence-corrected chi connectivity index (χ4v) is 2.64. The lowest BCUT2D eigenvalue weighted by Gasteiger charge is -2.25. The van der Waals surface area contributed by atoms with Gasteiger partial charge in [-0.2, -0.15) is 0 Å². The zero-order chi connectivity index (χ0) is 20.9. The minimum absolute atomic E-state index is 0.137. The number of alkyl carbamates (subject to hydrolysis) is 1. The molecule has 1 aromatic carbocycles. The number of rotatable bonds is 6. The van der Waals surface area contributed by atoms with Crippen molar-refractivity contribution >= 4 is 12.0 Å². The zero-order valence-electron chi connectivity index (χ0n) is 17.2. The smallest absolute Gasteiger partial charge is 0.408 e. The van der Waals surface area contributed by atoms with Crippen molar-refractivity contribution in [2.45, 2.75) is 46.3 Å². The van der Waals surface area contributed by atoms with E-state index in [1.54, 1.807) is 40.2 Å². The fourth-order valence-electron chi connectivity index (χ4n) is 2.64. The Morgan fingerprint density at radius 2 is 1.86 bits per heavy atom. The molecular formula is C21H28N2O5. The number of hydrogen-bond acceptors (Lipinski definition) is 5. The molecule has 0 fully saturated rings. The van der Waals surface area contributed by atoms with Gasteiger partial charge in [0.15, 0.2) is 5.76 Å². The molecule has 0 aliphatic heterocycles. The first kappa shape index (κ1) is 21.3. The molecule has 1 unspecified atom stereocenters. The lowest BCUT2D eigenvalue weighted by atomic mass is 10.1. The summed E-state index contributed by atoms with van der Waals surface area (Å²) in [7, 11) is 1.55. The predicted molar refractivity (Wildman–Crippen MR) is 106 cm³/mol. The summed E-state index contributed by atoms with van der Waals surface area (Å²) in [6.07, 6.45) is 0.962. The Bertz CT molecular complexity index is 836. The maximum absolute atomic E-state index is 12.5. The SMILES string of the molecule is COc1ccccc1C(CNC(=O)c1occ(C)c1C)NC(=O)OC(C)(C)C. The van der Waals surface area contributed by atoms with Gasteiger partial charge in [0.1, 0.15) is 11.4 Å². The molecular weight excluding hydrogens is 360 g/mol. The number of hydrogen-bond donors (Lipinski definition) is 2. The fraction of sp³-hybridized carbons (Fsp3) is 0.429. The van der Waals surface area contributed by atoms with E-state index < -0.39 is 17.7 Å². The molecule has 152 valence electrons. The molecule has 7 heteroatoms. The summed E-state index contributed by atoms with van der Waals surface area (Å²) in [5.74, 6) is 0.507. The Morgan fingerprint density at radius 1 is 1.18 bits per heavy atom. The minimum atomic E-state index is -0.637. The van der Waals surface area contributed by atoms with Crippen molar-refractivity contribution in [1.29, 1.82) is 0 Å². The Kier molecular flexibility index (Phi) is 6.72. The molecule has 0 bridgehead atoms. The van der Waals surface area contributed by atoms with Gasteiger partial charge in [0.05, 0.1) is 19.4 Å². The van der Waals surface area contributed by atoms with Gasteiger partial charge in [-0.25, -0.2) is 4.79 Å². The first-order chi connectivity index (χ1) is 13.1. The molecule has 2 aromatic rings. The molecule has 0 spiro atoms. The van der Waals surface area contributed by atoms with Crippen molar-refractivity contribution in [3.63, 3.8) is 0 Å². The van der Waals surface area contributed by atoms with Crippen LogP contribution in [-0.4, -0.2) is 31.3 Å². The van der Waals surface area contributed by atoms with E-state index in [-0.39, 0.29) is 18.2 Å². The molecule has 0 radical (unpaired) electrons. The van der Waals surface area contributed by atoms with Gasteiger partial charge in [-0.3, -0.25) is 4.79 Å². The number of nitrogens with one attached hydrogen (secondary N) is 2. The monoisotopic (exact) mass is 388 g/mol. The highest BCUT2D eigenvalue weighted by Crippen LogP contribution is 2.25. The van der Waals surface area contributed by atoms with E-state index in [0.29, 0.717) is 5.75 Å². The van der Waals surface area contributed by atoms with Gasteiger partial charge in [-0.15, -0.1) is 0 Å². The van der Waals surface area contributed by atoms with Crippen LogP contribution in [0.4, 0.5) is 4.79 Å². The number of benzene rings is 1. The number of para-hydroxylation sites is 1. The van der Waals surface area contributed by atoms with Gasteiger partial charge in [-0.05, 0) is 46.2 Å². The van der Waals surface area contributed by atoms with Crippen LogP contribution in [0.15, 0.2) is 34.9 Å². The van der Waals surface area contributed by atoms with Gasteiger partial charge in [0.25, 0.3) is 5.91 Å². The second-order valence-electron chi connectivity index (χ2n) is 7.52. The molecule has 1 aromatic heterocycles. The third kappa shape index (κ3) is 5.52. The largest absolute Gasteiger partial charge is 0.496 e. The van der Waals surface area contributed by atoms with Crippen molar-refractivity contribution in [3.05, 3.63) is 53.0 Å². The van der Waals surface area contributed by atoms with E-state index in [2.05, 4.69) is 10.6 Å². The highest BCUT2D eigenvalue weighted by atomic mass is 16.6. The Hall–Kier alpha value is -2.96. The first-order valence-electron chi connectivity index (χ1n) is 9.07. The van der Waals surface area contributed by atoms with Gasteiger partial charge < -0.3 is 24.5 Å². The predicted octanol–water partition coefficient (Wildman–Crippen LogP) is 3.90. The van der Waals surface area contributed by atoms with Crippen LogP contribution in [0.2, 0.25) is 0 Å². The highest BCUT2D eigenvalue weighted by Gasteiger charge is 2.24. The van der Waals surface area contributed by atoms with Crippen molar-refractivity contribution in [2.75, 3.05) is 13.7 Å². The summed E-state index contributed by atoms with van der Waals surface area (Å²) in [4.78, 5) is 24.8. The maximum Gasteiger partial charge on any atom is 0.408 e. The Morgan fingerprint density at radius 3 is 2.43 bits per heavy atom. The van der Waals surface area contributed by atoms with Gasteiger partial charge >= 0.3 is 6.09 Å². The molecule has 28 heavy (non-hydrogen) atoms. The van der Waals surface area contributed by atoms with Crippen molar-refractivity contribution in [1.82, 2.24) is 10.6 Å². The van der Waals surface area contributed by atoms with Crippen LogP contribution in [0.3, 0.4) is 0 Å². The van der Waals surface area contributed by atoms with Crippen LogP contribution >= 0.6 is 0 Å². The standard InChI is InChI=1S/C21H28N2O5/c1-13-12-27-18(14(13)2)19(24)22-11-16(23-20(25)28-21(3,4)5)15-9-7-8-10-17(15)26-6/h7-10,12,16H,11H2,1-6H3,(H,22,24)(H,23,25). The summed E-state index contributed by atoms with van der Waals surface area (Å²) in [5.41, 5.74) is 1.77. The number of furan rings is 1. The third-order valence-corrected chi connectivity index (χ3v) is 4.16. The summed E-state index contributed by atoms with van der Waals surface area (Å²) in [6.45, 7) is 9.19. The number of amides is 2. The average Bonchev–Trinajstić information content (AvgIpc) is 2.96. The van der Waals surface area contributed by atoms with Crippen LogP contribution in [-0.2, 0) is 4.74 Å².